The molecule has 0 saturated carbocycles. The lowest BCUT2D eigenvalue weighted by molar-refractivity contribution is -0.120. The molecule has 112 valence electrons. The number of nitrogens with zero attached hydrogens (tertiary/aromatic N) is 2. The summed E-state index contributed by atoms with van der Waals surface area (Å²) in [7, 11) is 0. The molecule has 2 aromatic rings. The van der Waals surface area contributed by atoms with Gasteiger partial charge in [-0.25, -0.2) is 9.18 Å². The van der Waals surface area contributed by atoms with E-state index in [0.29, 0.717) is 16.8 Å². The van der Waals surface area contributed by atoms with Crippen molar-refractivity contribution in [2.24, 2.45) is 0 Å². The second kappa shape index (κ2) is 5.90. The Hall–Kier alpha value is -2.44. The summed E-state index contributed by atoms with van der Waals surface area (Å²) in [5, 5.41) is 9.31. The summed E-state index contributed by atoms with van der Waals surface area (Å²) >= 11 is 0. The third-order valence-corrected chi connectivity index (χ3v) is 3.16. The van der Waals surface area contributed by atoms with Crippen molar-refractivity contribution in [2.45, 2.75) is 27.2 Å². The number of aromatic nitrogens is 2. The first-order valence-corrected chi connectivity index (χ1v) is 6.82. The zero-order valence-corrected chi connectivity index (χ0v) is 12.2. The normalized spacial score (nSPS) is 14.8. The average Bonchev–Trinajstić information content (AvgIpc) is 2.90. The zero-order valence-electron chi connectivity index (χ0n) is 12.2. The van der Waals surface area contributed by atoms with Gasteiger partial charge >= 0.3 is 6.03 Å². The minimum atomic E-state index is -0.536. The van der Waals surface area contributed by atoms with Crippen LogP contribution < -0.4 is 10.2 Å². The number of aromatic amines is 1. The molecule has 0 radical (unpaired) electrons. The summed E-state index contributed by atoms with van der Waals surface area (Å²) in [5.41, 5.74) is 0.765. The van der Waals surface area contributed by atoms with E-state index in [9.17, 15) is 14.0 Å². The lowest BCUT2D eigenvalue weighted by atomic mass is 10.1. The van der Waals surface area contributed by atoms with Crippen LogP contribution in [-0.2, 0) is 4.79 Å². The van der Waals surface area contributed by atoms with E-state index in [1.807, 2.05) is 13.8 Å². The van der Waals surface area contributed by atoms with E-state index in [2.05, 4.69) is 15.5 Å². The molecule has 0 bridgehead atoms. The number of carbonyl (C=O) groups is 2. The number of amides is 3. The van der Waals surface area contributed by atoms with E-state index in [0.717, 1.165) is 0 Å². The van der Waals surface area contributed by atoms with Crippen molar-refractivity contribution in [3.8, 4) is 0 Å². The lowest BCUT2D eigenvalue weighted by Gasteiger charge is -2.24. The Labute approximate surface area is 121 Å². The van der Waals surface area contributed by atoms with Crippen LogP contribution in [0.1, 0.15) is 25.8 Å². The van der Waals surface area contributed by atoms with Crippen molar-refractivity contribution in [3.05, 3.63) is 23.5 Å². The fourth-order valence-electron chi connectivity index (χ4n) is 2.12. The van der Waals surface area contributed by atoms with E-state index in [1.165, 1.54) is 4.90 Å². The highest BCUT2D eigenvalue weighted by atomic mass is 19.1. The van der Waals surface area contributed by atoms with Crippen LogP contribution in [0.15, 0.2) is 12.1 Å². The number of H-pyrrole nitrogens is 1. The summed E-state index contributed by atoms with van der Waals surface area (Å²) in [6.07, 6.45) is 0.203. The van der Waals surface area contributed by atoms with Crippen LogP contribution in [0.5, 0.6) is 0 Å². The minimum Gasteiger partial charge on any atom is -0.278 e. The smallest absolute Gasteiger partial charge is 0.278 e. The molecule has 1 aliphatic heterocycles. The molecule has 1 aromatic carbocycles. The molecule has 3 amide bonds. The number of hydrogen-bond donors (Lipinski definition) is 2. The molecule has 7 heteroatoms. The van der Waals surface area contributed by atoms with Gasteiger partial charge in [-0.1, -0.05) is 19.9 Å². The number of rotatable bonds is 1. The van der Waals surface area contributed by atoms with Crippen LogP contribution >= 0.6 is 0 Å². The number of aryl methyl sites for hydroxylation is 1. The molecule has 3 rings (SSSR count). The zero-order chi connectivity index (χ0) is 15.6. The van der Waals surface area contributed by atoms with Crippen molar-refractivity contribution >= 4 is 28.7 Å². The standard InChI is InChI=1S/C12H11FN4O2.C2H6/c1-6-2-3-7-10(9(6)13)15-16-11(7)17-5-4-8(18)14-12(17)19;1-2/h2-3H,4-5H2,1H3,(H,15,16)(H,14,18,19);1-2H3. The predicted molar refractivity (Wildman–Crippen MR) is 77.6 cm³/mol. The molecule has 2 N–H and O–H groups in total. The number of fused-ring (bicyclic) bond motifs is 1. The SMILES string of the molecule is CC.Cc1ccc2c(N3CCC(=O)NC3=O)n[nH]c2c1F. The number of halogens is 1. The third-order valence-electron chi connectivity index (χ3n) is 3.16. The second-order valence-corrected chi connectivity index (χ2v) is 4.42. The third kappa shape index (κ3) is 2.58. The van der Waals surface area contributed by atoms with Gasteiger partial charge in [0.2, 0.25) is 5.91 Å². The van der Waals surface area contributed by atoms with Crippen molar-refractivity contribution in [3.63, 3.8) is 0 Å². The molecule has 6 nitrogen and oxygen atoms in total. The van der Waals surface area contributed by atoms with Crippen LogP contribution in [0.25, 0.3) is 10.9 Å². The fraction of sp³-hybridized carbons (Fsp3) is 0.357. The molecule has 0 aliphatic carbocycles. The van der Waals surface area contributed by atoms with Gasteiger partial charge in [-0.3, -0.25) is 20.1 Å². The van der Waals surface area contributed by atoms with Gasteiger partial charge in [-0.05, 0) is 18.6 Å². The van der Waals surface area contributed by atoms with Gasteiger partial charge in [0.25, 0.3) is 0 Å². The van der Waals surface area contributed by atoms with Gasteiger partial charge in [-0.15, -0.1) is 0 Å². The molecule has 2 heterocycles. The summed E-state index contributed by atoms with van der Waals surface area (Å²) in [6, 6.07) is 2.80. The Morgan fingerprint density at radius 1 is 1.29 bits per heavy atom. The van der Waals surface area contributed by atoms with Gasteiger partial charge < -0.3 is 0 Å². The minimum absolute atomic E-state index is 0.203. The average molecular weight is 292 g/mol. The summed E-state index contributed by atoms with van der Waals surface area (Å²) in [4.78, 5) is 24.2. The van der Waals surface area contributed by atoms with Crippen molar-refractivity contribution < 1.29 is 14.0 Å². The molecule has 1 aromatic heterocycles. The molecule has 0 atom stereocenters. The highest BCUT2D eigenvalue weighted by Crippen LogP contribution is 2.28. The van der Waals surface area contributed by atoms with E-state index >= 15 is 0 Å². The van der Waals surface area contributed by atoms with Gasteiger partial charge in [-0.2, -0.15) is 5.10 Å². The highest BCUT2D eigenvalue weighted by molar-refractivity contribution is 6.08. The number of benzene rings is 1. The number of carbonyl (C=O) groups excluding carboxylic acids is 2. The maximum atomic E-state index is 13.9. The maximum absolute atomic E-state index is 13.9. The van der Waals surface area contributed by atoms with E-state index in [1.54, 1.807) is 19.1 Å². The molecule has 1 saturated heterocycles. The molecule has 1 fully saturated rings. The first-order chi connectivity index (χ1) is 10.1. The van der Waals surface area contributed by atoms with Crippen molar-refractivity contribution in [2.75, 3.05) is 11.4 Å². The van der Waals surface area contributed by atoms with Crippen LogP contribution in [0, 0.1) is 12.7 Å². The quantitative estimate of drug-likeness (QED) is 0.847. The van der Waals surface area contributed by atoms with Crippen molar-refractivity contribution in [1.29, 1.82) is 0 Å². The summed E-state index contributed by atoms with van der Waals surface area (Å²) in [6.45, 7) is 5.89. The van der Waals surface area contributed by atoms with E-state index in [-0.39, 0.29) is 30.2 Å². The van der Waals surface area contributed by atoms with E-state index in [4.69, 9.17) is 0 Å². The van der Waals surface area contributed by atoms with Gasteiger partial charge in [0.1, 0.15) is 5.52 Å². The van der Waals surface area contributed by atoms with Crippen LogP contribution in [0.2, 0.25) is 0 Å². The van der Waals surface area contributed by atoms with Crippen LogP contribution in [-0.4, -0.2) is 28.7 Å². The Bertz CT molecular complexity index is 696. The van der Waals surface area contributed by atoms with Crippen LogP contribution in [0.3, 0.4) is 0 Å². The van der Waals surface area contributed by atoms with Crippen molar-refractivity contribution in [1.82, 2.24) is 15.5 Å². The van der Waals surface area contributed by atoms with Crippen LogP contribution in [0.4, 0.5) is 15.0 Å². The molecule has 1 aliphatic rings. The molecule has 0 spiro atoms. The second-order valence-electron chi connectivity index (χ2n) is 4.42. The van der Waals surface area contributed by atoms with Gasteiger partial charge in [0.15, 0.2) is 11.6 Å². The van der Waals surface area contributed by atoms with Gasteiger partial charge in [0.05, 0.1) is 0 Å². The molecular formula is C14H17FN4O2. The Morgan fingerprint density at radius 2 is 2.00 bits per heavy atom. The number of urea groups is 1. The maximum Gasteiger partial charge on any atom is 0.329 e. The topological polar surface area (TPSA) is 78.1 Å². The lowest BCUT2D eigenvalue weighted by Crippen LogP contribution is -2.49. The molecule has 0 unspecified atom stereocenters. The fourth-order valence-corrected chi connectivity index (χ4v) is 2.12. The number of imide groups is 1. The number of nitrogens with one attached hydrogen (secondary N) is 2. The Balaban J connectivity index is 0.000000774. The molecular weight excluding hydrogens is 275 g/mol. The summed E-state index contributed by atoms with van der Waals surface area (Å²) < 4.78 is 13.9. The Morgan fingerprint density at radius 3 is 2.67 bits per heavy atom. The monoisotopic (exact) mass is 292 g/mol. The number of anilines is 1. The largest absolute Gasteiger partial charge is 0.329 e. The first kappa shape index (κ1) is 15.0. The van der Waals surface area contributed by atoms with E-state index < -0.39 is 6.03 Å². The van der Waals surface area contributed by atoms with Gasteiger partial charge in [0, 0.05) is 18.4 Å². The predicted octanol–water partition coefficient (Wildman–Crippen LogP) is 2.48. The first-order valence-electron chi connectivity index (χ1n) is 6.82. The number of hydrogen-bond acceptors (Lipinski definition) is 3. The molecule has 21 heavy (non-hydrogen) atoms. The Kier molecular flexibility index (Phi) is 4.21. The summed E-state index contributed by atoms with van der Waals surface area (Å²) in [5.74, 6) is -0.369. The highest BCUT2D eigenvalue weighted by Gasteiger charge is 2.27.